The average molecular weight is 1310 g/mol. The molecule has 466 valence electrons. The summed E-state index contributed by atoms with van der Waals surface area (Å²) in [5, 5.41) is -0.223. The summed E-state index contributed by atoms with van der Waals surface area (Å²) >= 11 is 2.20. The molecule has 0 aliphatic heterocycles. The van der Waals surface area contributed by atoms with Crippen LogP contribution in [0.25, 0.3) is 0 Å². The van der Waals surface area contributed by atoms with Gasteiger partial charge in [-0.3, -0.25) is 9.59 Å². The fourth-order valence-electron chi connectivity index (χ4n) is 7.97. The molecule has 0 radical (unpaired) electrons. The second-order valence-corrected chi connectivity index (χ2v) is 48.5. The lowest BCUT2D eigenvalue weighted by Crippen LogP contribution is -2.54. The highest BCUT2D eigenvalue weighted by molar-refractivity contribution is 14.1. The summed E-state index contributed by atoms with van der Waals surface area (Å²) < 4.78 is 72.2. The van der Waals surface area contributed by atoms with E-state index in [-0.39, 0.29) is 75.3 Å². The number of rotatable bonds is 35. The van der Waals surface area contributed by atoms with Gasteiger partial charge in [-0.15, -0.1) is 0 Å². The Hall–Kier alpha value is -1.35. The SMILES string of the molecule is COC(=O)C[C@H](C[C@H](/C=C/C=C/C[C@H](OC)c1coc(C[C@H](O[Si](C)(C)C(C)(C)C)C(C)(C)[C@H](C[C@H](OC)[C@@H](C)CO[Si](C)(C)C(C)(C)C)OC(=O)C[C@H](C[C@H](/C=C/I)OC)O[Si](C)(C)C(C)(C)C)n1)OC)O[Si](C)(C)C(C)(C)C. The molecule has 0 saturated carbocycles. The van der Waals surface area contributed by atoms with Gasteiger partial charge in [0.2, 0.25) is 0 Å². The zero-order chi connectivity index (χ0) is 62.1. The number of oxazole rings is 1. The fraction of sp³-hybridized carbons (Fsp3) is 0.820. The first-order valence-electron chi connectivity index (χ1n) is 29.0. The van der Waals surface area contributed by atoms with Gasteiger partial charge in [0, 0.05) is 72.1 Å². The van der Waals surface area contributed by atoms with Crippen LogP contribution < -0.4 is 0 Å². The van der Waals surface area contributed by atoms with Crippen LogP contribution in [0, 0.1) is 11.3 Å². The van der Waals surface area contributed by atoms with E-state index < -0.39 is 63.1 Å². The Balaban J connectivity index is 3.83. The summed E-state index contributed by atoms with van der Waals surface area (Å²) in [4.78, 5) is 32.3. The van der Waals surface area contributed by atoms with Gasteiger partial charge in [0.05, 0.1) is 56.6 Å². The zero-order valence-corrected chi connectivity index (χ0v) is 61.7. The Morgan fingerprint density at radius 3 is 1.52 bits per heavy atom. The Kier molecular flexibility index (Phi) is 31.1. The first kappa shape index (κ1) is 76.7. The lowest BCUT2D eigenvalue weighted by molar-refractivity contribution is -0.167. The van der Waals surface area contributed by atoms with Gasteiger partial charge in [-0.1, -0.05) is 151 Å². The van der Waals surface area contributed by atoms with Crippen LogP contribution in [0.4, 0.5) is 0 Å². The van der Waals surface area contributed by atoms with Gasteiger partial charge in [0.15, 0.2) is 39.2 Å². The molecule has 0 aliphatic rings. The number of carbonyl (C=O) groups is 2. The maximum Gasteiger partial charge on any atom is 0.308 e. The molecule has 1 aromatic heterocycles. The van der Waals surface area contributed by atoms with Gasteiger partial charge in [0.25, 0.3) is 0 Å². The van der Waals surface area contributed by atoms with Crippen LogP contribution in [0.2, 0.25) is 72.5 Å². The van der Waals surface area contributed by atoms with Crippen molar-refractivity contribution in [2.24, 2.45) is 11.3 Å². The van der Waals surface area contributed by atoms with Crippen molar-refractivity contribution in [2.75, 3.05) is 42.2 Å². The van der Waals surface area contributed by atoms with E-state index in [0.29, 0.717) is 50.3 Å². The Labute approximate surface area is 505 Å². The Morgan fingerprint density at radius 2 is 1.09 bits per heavy atom. The van der Waals surface area contributed by atoms with E-state index in [0.717, 1.165) is 0 Å². The monoisotopic (exact) mass is 1310 g/mol. The van der Waals surface area contributed by atoms with E-state index in [9.17, 15) is 9.59 Å². The standard InChI is InChI=1S/C61H116INO13Si4/c1-44(42-72-77(21,22)57(2,3)4)51(69-19)40-52(73-56(65)39-48(37-46(67-17)34-35-62)75-79(25,26)59(8,9)10)61(14,15)53(76-80(27,28)60(11,12)13)41-54-63-49(43-71-54)50(68-18)33-31-29-30-32-45(66-16)36-47(38-55(64)70-20)74-78(23,24)58(5,6)7/h29-32,34-35,43-48,50-53H,33,36-42H2,1-28H3/b31-29+,32-30+,35-34+/t44-,45-,46-,47-,48-,50-,51-,52-,53-/m0/s1. The van der Waals surface area contributed by atoms with Gasteiger partial charge in [-0.05, 0) is 89.1 Å². The van der Waals surface area contributed by atoms with Crippen LogP contribution in [0.1, 0.15) is 160 Å². The van der Waals surface area contributed by atoms with E-state index in [4.69, 9.17) is 55.5 Å². The molecule has 1 heterocycles. The van der Waals surface area contributed by atoms with Gasteiger partial charge in [-0.2, -0.15) is 0 Å². The number of ether oxygens (including phenoxy) is 6. The van der Waals surface area contributed by atoms with Crippen LogP contribution in [-0.2, 0) is 62.1 Å². The topological polar surface area (TPSA) is 152 Å². The van der Waals surface area contributed by atoms with Crippen molar-refractivity contribution < 1.29 is 60.1 Å². The van der Waals surface area contributed by atoms with E-state index in [2.05, 4.69) is 179 Å². The molecule has 9 atom stereocenters. The van der Waals surface area contributed by atoms with Crippen molar-refractivity contribution in [2.45, 2.75) is 270 Å². The third kappa shape index (κ3) is 24.6. The second kappa shape index (κ2) is 32.4. The van der Waals surface area contributed by atoms with E-state index in [1.54, 1.807) is 34.7 Å². The number of carbonyl (C=O) groups excluding carboxylic acids is 2. The summed E-state index contributed by atoms with van der Waals surface area (Å²) in [6, 6.07) is 0. The number of hydrogen-bond donors (Lipinski definition) is 0. The molecule has 0 amide bonds. The summed E-state index contributed by atoms with van der Waals surface area (Å²) in [6.45, 7) is 51.3. The summed E-state index contributed by atoms with van der Waals surface area (Å²) in [6.07, 6.45) is 10.8. The molecule has 1 aromatic rings. The van der Waals surface area contributed by atoms with Gasteiger partial charge < -0.3 is 50.5 Å². The number of esters is 2. The van der Waals surface area contributed by atoms with Crippen molar-refractivity contribution in [3.63, 3.8) is 0 Å². The molecular formula is C61H116INO13Si4. The minimum atomic E-state index is -2.50. The number of hydrogen-bond acceptors (Lipinski definition) is 14. The molecule has 0 aromatic carbocycles. The van der Waals surface area contributed by atoms with Crippen LogP contribution in [0.5, 0.6) is 0 Å². The molecule has 80 heavy (non-hydrogen) atoms. The zero-order valence-electron chi connectivity index (χ0n) is 55.5. The Morgan fingerprint density at radius 1 is 0.613 bits per heavy atom. The van der Waals surface area contributed by atoms with Gasteiger partial charge in [0.1, 0.15) is 24.2 Å². The molecule has 0 saturated heterocycles. The maximum atomic E-state index is 14.8. The van der Waals surface area contributed by atoms with E-state index >= 15 is 0 Å². The first-order chi connectivity index (χ1) is 36.4. The molecule has 0 aliphatic carbocycles. The first-order valence-corrected chi connectivity index (χ1v) is 41.9. The minimum absolute atomic E-state index is 0.0216. The van der Waals surface area contributed by atoms with Crippen molar-refractivity contribution in [3.05, 3.63) is 52.3 Å². The molecule has 0 unspecified atom stereocenters. The Bertz CT molecular complexity index is 2080. The number of allylic oxidation sites excluding steroid dienone is 2. The molecule has 1 rings (SSSR count). The smallest absolute Gasteiger partial charge is 0.308 e. The second-order valence-electron chi connectivity index (χ2n) is 28.7. The van der Waals surface area contributed by atoms with E-state index in [1.165, 1.54) is 7.11 Å². The van der Waals surface area contributed by atoms with Gasteiger partial charge in [-0.25, -0.2) is 4.98 Å². The lowest BCUT2D eigenvalue weighted by Gasteiger charge is -2.47. The molecule has 14 nitrogen and oxygen atoms in total. The third-order valence-electron chi connectivity index (χ3n) is 18.0. The predicted octanol–water partition coefficient (Wildman–Crippen LogP) is 16.3. The highest BCUT2D eigenvalue weighted by Gasteiger charge is 2.49. The van der Waals surface area contributed by atoms with Gasteiger partial charge >= 0.3 is 11.9 Å². The van der Waals surface area contributed by atoms with Crippen molar-refractivity contribution in [3.8, 4) is 0 Å². The highest BCUT2D eigenvalue weighted by atomic mass is 127. The summed E-state index contributed by atoms with van der Waals surface area (Å²) in [5.74, 6) is -0.193. The molecule has 0 spiro atoms. The largest absolute Gasteiger partial charge is 0.469 e. The van der Waals surface area contributed by atoms with Crippen molar-refractivity contribution in [1.29, 1.82) is 0 Å². The normalized spacial score (nSPS) is 17.6. The molecular weight excluding hydrogens is 1190 g/mol. The minimum Gasteiger partial charge on any atom is -0.469 e. The third-order valence-corrected chi connectivity index (χ3v) is 36.4. The van der Waals surface area contributed by atoms with Crippen molar-refractivity contribution >= 4 is 67.8 Å². The fourth-order valence-corrected chi connectivity index (χ4v) is 13.7. The van der Waals surface area contributed by atoms with Crippen LogP contribution in [0.3, 0.4) is 0 Å². The number of halogens is 1. The molecule has 19 heteroatoms. The number of methoxy groups -OCH3 is 5. The summed E-state index contributed by atoms with van der Waals surface area (Å²) in [5.41, 5.74) is -0.155. The molecule has 0 bridgehead atoms. The number of aromatic nitrogens is 1. The average Bonchev–Trinajstić information content (AvgIpc) is 3.78. The summed E-state index contributed by atoms with van der Waals surface area (Å²) in [7, 11) is -0.966. The van der Waals surface area contributed by atoms with E-state index in [1.807, 2.05) is 34.5 Å². The number of nitrogens with zero attached hydrogens (tertiary/aromatic N) is 1. The van der Waals surface area contributed by atoms with Crippen LogP contribution in [0.15, 0.2) is 45.1 Å². The predicted molar refractivity (Wildman–Crippen MR) is 346 cm³/mol. The van der Waals surface area contributed by atoms with Crippen molar-refractivity contribution in [1.82, 2.24) is 4.98 Å². The lowest BCUT2D eigenvalue weighted by atomic mass is 9.76. The van der Waals surface area contributed by atoms with Crippen LogP contribution >= 0.6 is 22.6 Å². The maximum absolute atomic E-state index is 14.8. The molecule has 0 N–H and O–H groups in total. The quantitative estimate of drug-likeness (QED) is 0.0274. The van der Waals surface area contributed by atoms with Crippen LogP contribution in [-0.4, -0.2) is 135 Å². The molecule has 0 fully saturated rings. The highest BCUT2D eigenvalue weighted by Crippen LogP contribution is 2.45.